The molecular formula is C31H42N8O6S. The van der Waals surface area contributed by atoms with Crippen molar-refractivity contribution in [2.24, 2.45) is 22.2 Å². The SMILES string of the molecule is CSCCC(NC(=O)C(N)Cc1c[nH]c2ccccc12)C(=O)NC(CCCN=C(N)N)C(=O)NC(Cc1ccc(O)cc1)C(=O)O. The summed E-state index contributed by atoms with van der Waals surface area (Å²) in [5, 5.41) is 28.2. The number of phenols is 1. The zero-order valence-corrected chi connectivity index (χ0v) is 26.4. The third kappa shape index (κ3) is 11.0. The quantitative estimate of drug-likeness (QED) is 0.0516. The zero-order valence-electron chi connectivity index (χ0n) is 25.6. The smallest absolute Gasteiger partial charge is 0.326 e. The predicted octanol–water partition coefficient (Wildman–Crippen LogP) is 0.332. The lowest BCUT2D eigenvalue weighted by molar-refractivity contribution is -0.142. The molecular weight excluding hydrogens is 612 g/mol. The molecule has 1 aromatic heterocycles. The summed E-state index contributed by atoms with van der Waals surface area (Å²) in [6.07, 6.45) is 4.48. The Morgan fingerprint density at radius 2 is 1.52 bits per heavy atom. The van der Waals surface area contributed by atoms with Gasteiger partial charge in [0.05, 0.1) is 6.04 Å². The molecule has 0 spiro atoms. The van der Waals surface area contributed by atoms with Gasteiger partial charge >= 0.3 is 5.97 Å². The van der Waals surface area contributed by atoms with Gasteiger partial charge in [-0.15, -0.1) is 0 Å². The molecule has 2 aromatic carbocycles. The number of hydrogen-bond acceptors (Lipinski definition) is 8. The number of carboxylic acids is 1. The third-order valence-electron chi connectivity index (χ3n) is 7.26. The van der Waals surface area contributed by atoms with Crippen molar-refractivity contribution in [2.75, 3.05) is 18.6 Å². The van der Waals surface area contributed by atoms with Crippen molar-refractivity contribution >= 4 is 52.3 Å². The minimum Gasteiger partial charge on any atom is -0.508 e. The van der Waals surface area contributed by atoms with E-state index in [1.807, 2.05) is 30.5 Å². The first kappa shape index (κ1) is 35.7. The number of nitrogens with two attached hydrogens (primary N) is 3. The standard InChI is InChI=1S/C31H42N8O6S/c1-46-14-12-25(37-27(41)22(32)16-19-17-36-23-6-3-2-5-21(19)23)29(43)38-24(7-4-13-35-31(33)34)28(42)39-26(30(44)45)15-18-8-10-20(40)11-9-18/h2-3,5-6,8-11,17,22,24-26,36,40H,4,7,12-16,32H2,1H3,(H,37,41)(H,38,43)(H,39,42)(H,44,45)(H4,33,34,35). The molecule has 0 aliphatic rings. The van der Waals surface area contributed by atoms with Gasteiger partial charge in [0.2, 0.25) is 17.7 Å². The number of H-pyrrole nitrogens is 1. The number of thioether (sulfide) groups is 1. The van der Waals surface area contributed by atoms with E-state index >= 15 is 0 Å². The zero-order chi connectivity index (χ0) is 33.6. The van der Waals surface area contributed by atoms with Gasteiger partial charge in [-0.1, -0.05) is 30.3 Å². The number of fused-ring (bicyclic) bond motifs is 1. The number of aliphatic carboxylic acids is 1. The minimum atomic E-state index is -1.32. The number of benzene rings is 2. The number of amides is 3. The van der Waals surface area contributed by atoms with Gasteiger partial charge in [0.15, 0.2) is 5.96 Å². The van der Waals surface area contributed by atoms with E-state index in [0.29, 0.717) is 17.7 Å². The number of nitrogens with one attached hydrogen (secondary N) is 4. The van der Waals surface area contributed by atoms with Crippen LogP contribution in [0.5, 0.6) is 5.75 Å². The van der Waals surface area contributed by atoms with Crippen molar-refractivity contribution in [3.05, 3.63) is 65.9 Å². The van der Waals surface area contributed by atoms with Crippen molar-refractivity contribution in [2.45, 2.75) is 56.3 Å². The molecule has 0 aliphatic heterocycles. The van der Waals surface area contributed by atoms with Gasteiger partial charge in [0, 0.05) is 30.1 Å². The number of nitrogens with zero attached hydrogens (tertiary/aromatic N) is 1. The fourth-order valence-corrected chi connectivity index (χ4v) is 5.27. The van der Waals surface area contributed by atoms with E-state index in [1.54, 1.807) is 18.3 Å². The van der Waals surface area contributed by atoms with Crippen LogP contribution >= 0.6 is 11.8 Å². The highest BCUT2D eigenvalue weighted by atomic mass is 32.2. The summed E-state index contributed by atoms with van der Waals surface area (Å²) in [6, 6.07) is 9.15. The van der Waals surface area contributed by atoms with Crippen molar-refractivity contribution < 1.29 is 29.4 Å². The molecule has 15 heteroatoms. The highest BCUT2D eigenvalue weighted by Gasteiger charge is 2.30. The first-order chi connectivity index (χ1) is 22.0. The fraction of sp³-hybridized carbons (Fsp3) is 0.387. The topological polar surface area (TPSA) is 251 Å². The normalized spacial score (nSPS) is 13.6. The van der Waals surface area contributed by atoms with Crippen LogP contribution in [-0.4, -0.2) is 87.6 Å². The molecule has 3 rings (SSSR count). The highest BCUT2D eigenvalue weighted by Crippen LogP contribution is 2.19. The number of aromatic hydroxyl groups is 1. The van der Waals surface area contributed by atoms with Crippen molar-refractivity contribution in [1.82, 2.24) is 20.9 Å². The first-order valence-electron chi connectivity index (χ1n) is 14.7. The molecule has 0 aliphatic carbocycles. The van der Waals surface area contributed by atoms with Crippen LogP contribution in [0.25, 0.3) is 10.9 Å². The number of carbonyl (C=O) groups is 4. The van der Waals surface area contributed by atoms with Crippen molar-refractivity contribution in [1.29, 1.82) is 0 Å². The summed E-state index contributed by atoms with van der Waals surface area (Å²) in [5.74, 6) is -2.73. The Labute approximate surface area is 271 Å². The largest absolute Gasteiger partial charge is 0.508 e. The lowest BCUT2D eigenvalue weighted by Gasteiger charge is -2.25. The van der Waals surface area contributed by atoms with E-state index in [2.05, 4.69) is 25.9 Å². The van der Waals surface area contributed by atoms with Gasteiger partial charge in [-0.2, -0.15) is 11.8 Å². The lowest BCUT2D eigenvalue weighted by Crippen LogP contribution is -2.57. The molecule has 4 unspecified atom stereocenters. The van der Waals surface area contributed by atoms with Crippen LogP contribution in [0.2, 0.25) is 0 Å². The maximum Gasteiger partial charge on any atom is 0.326 e. The molecule has 3 amide bonds. The third-order valence-corrected chi connectivity index (χ3v) is 7.91. The maximum absolute atomic E-state index is 13.5. The van der Waals surface area contributed by atoms with Gasteiger partial charge in [0.1, 0.15) is 23.9 Å². The number of carboxylic acid groups (broad SMARTS) is 1. The predicted molar refractivity (Wildman–Crippen MR) is 178 cm³/mol. The number of aromatic nitrogens is 1. The molecule has 12 N–H and O–H groups in total. The van der Waals surface area contributed by atoms with Crippen LogP contribution in [-0.2, 0) is 32.0 Å². The minimum absolute atomic E-state index is 0.0188. The number of aromatic amines is 1. The van der Waals surface area contributed by atoms with Gasteiger partial charge < -0.3 is 48.3 Å². The Morgan fingerprint density at radius 1 is 0.891 bits per heavy atom. The van der Waals surface area contributed by atoms with E-state index in [-0.39, 0.29) is 43.9 Å². The van der Waals surface area contributed by atoms with Crippen molar-refractivity contribution in [3.8, 4) is 5.75 Å². The molecule has 0 bridgehead atoms. The Morgan fingerprint density at radius 3 is 2.17 bits per heavy atom. The van der Waals surface area contributed by atoms with Gasteiger partial charge in [-0.05, 0) is 67.0 Å². The number of hydrogen-bond donors (Lipinski definition) is 9. The van der Waals surface area contributed by atoms with Crippen LogP contribution in [0, 0.1) is 0 Å². The van der Waals surface area contributed by atoms with Crippen LogP contribution in [0.3, 0.4) is 0 Å². The summed E-state index contributed by atoms with van der Waals surface area (Å²) in [5.41, 5.74) is 19.4. The molecule has 0 fully saturated rings. The van der Waals surface area contributed by atoms with E-state index < -0.39 is 47.9 Å². The van der Waals surface area contributed by atoms with E-state index in [1.165, 1.54) is 23.9 Å². The highest BCUT2D eigenvalue weighted by molar-refractivity contribution is 7.98. The second-order valence-corrected chi connectivity index (χ2v) is 11.8. The summed E-state index contributed by atoms with van der Waals surface area (Å²) >= 11 is 1.48. The Balaban J connectivity index is 1.72. The molecule has 0 saturated heterocycles. The second-order valence-electron chi connectivity index (χ2n) is 10.8. The Bertz CT molecular complexity index is 1510. The van der Waals surface area contributed by atoms with Gasteiger partial charge in [-0.3, -0.25) is 19.4 Å². The number of carbonyl (C=O) groups excluding carboxylic acids is 3. The number of guanidine groups is 1. The van der Waals surface area contributed by atoms with Crippen LogP contribution in [0.1, 0.15) is 30.4 Å². The molecule has 0 radical (unpaired) electrons. The first-order valence-corrected chi connectivity index (χ1v) is 16.1. The molecule has 14 nitrogen and oxygen atoms in total. The second kappa shape index (κ2) is 17.7. The Kier molecular flexibility index (Phi) is 13.7. The summed E-state index contributed by atoms with van der Waals surface area (Å²) in [6.45, 7) is 0.174. The average molecular weight is 655 g/mol. The molecule has 1 heterocycles. The molecule has 248 valence electrons. The Hall–Kier alpha value is -4.76. The van der Waals surface area contributed by atoms with Crippen LogP contribution < -0.4 is 33.2 Å². The average Bonchev–Trinajstić information content (AvgIpc) is 3.43. The molecule has 46 heavy (non-hydrogen) atoms. The van der Waals surface area contributed by atoms with Crippen molar-refractivity contribution in [3.63, 3.8) is 0 Å². The number of para-hydroxylation sites is 1. The van der Waals surface area contributed by atoms with Gasteiger partial charge in [0.25, 0.3) is 0 Å². The monoisotopic (exact) mass is 654 g/mol. The fourth-order valence-electron chi connectivity index (χ4n) is 4.80. The molecule has 4 atom stereocenters. The summed E-state index contributed by atoms with van der Waals surface area (Å²) in [4.78, 5) is 59.2. The maximum atomic E-state index is 13.5. The van der Waals surface area contributed by atoms with E-state index in [4.69, 9.17) is 17.2 Å². The van der Waals surface area contributed by atoms with Crippen LogP contribution in [0.15, 0.2) is 59.7 Å². The lowest BCUT2D eigenvalue weighted by atomic mass is 10.0. The summed E-state index contributed by atoms with van der Waals surface area (Å²) < 4.78 is 0. The van der Waals surface area contributed by atoms with E-state index in [9.17, 15) is 29.4 Å². The molecule has 3 aromatic rings. The number of aliphatic imine (C=N–C) groups is 1. The summed E-state index contributed by atoms with van der Waals surface area (Å²) in [7, 11) is 0. The van der Waals surface area contributed by atoms with Crippen LogP contribution in [0.4, 0.5) is 0 Å². The van der Waals surface area contributed by atoms with Gasteiger partial charge in [-0.25, -0.2) is 4.79 Å². The number of rotatable bonds is 18. The number of phenolic OH excluding ortho intramolecular Hbond substituents is 1. The molecule has 0 saturated carbocycles. The van der Waals surface area contributed by atoms with E-state index in [0.717, 1.165) is 16.5 Å².